The number of rotatable bonds is 15. The molecule has 0 bridgehead atoms. The van der Waals surface area contributed by atoms with E-state index in [1.54, 1.807) is 0 Å². The number of hydrogen-bond donors (Lipinski definition) is 14. The SMILES string of the molecule is C[C@@H](CC[C@]1(O)O[C@H]2C[C@@H]3[C@@H]4CC[C@@H]5C[C@@H](O[C@@H]6O[C@H](CO)[C@@H](O)[C@H](O[C@@H]7O[C@H](CO)[C@@H](O)[C@H](O)[C@H]7O)[C@H]6O[C@@H]6O[C@@H](C)[C@H](O)[C@@H](O)[C@H]6O)CC[C@]5(C)[C@H]4CC[C@]3(C)[C@H]2[C@@H]1C)CO[C@@H]1O[C@H](CO)[C@@H](O)[C@H](O)[C@H]1O. The van der Waals surface area contributed by atoms with E-state index in [2.05, 4.69) is 20.8 Å². The Kier molecular flexibility index (Phi) is 17.6. The molecule has 23 nitrogen and oxygen atoms in total. The Balaban J connectivity index is 0.848. The van der Waals surface area contributed by atoms with Gasteiger partial charge in [0.05, 0.1) is 44.7 Å². The topological polar surface area (TPSA) is 366 Å². The Morgan fingerprint density at radius 1 is 0.554 bits per heavy atom. The van der Waals surface area contributed by atoms with Crippen molar-refractivity contribution in [3.8, 4) is 0 Å². The maximum absolute atomic E-state index is 12.1. The van der Waals surface area contributed by atoms with E-state index in [9.17, 15) is 71.5 Å². The minimum Gasteiger partial charge on any atom is -0.394 e. The lowest BCUT2D eigenvalue weighted by Gasteiger charge is -2.61. The molecule has 5 heterocycles. The van der Waals surface area contributed by atoms with Gasteiger partial charge in [-0.05, 0) is 111 Å². The minimum atomic E-state index is -1.87. The predicted octanol–water partition coefficient (Wildman–Crippen LogP) is -2.93. The van der Waals surface area contributed by atoms with Crippen molar-refractivity contribution in [3.05, 3.63) is 0 Å². The lowest BCUT2D eigenvalue weighted by Crippen LogP contribution is -2.67. The van der Waals surface area contributed by atoms with Gasteiger partial charge in [-0.25, -0.2) is 0 Å². The van der Waals surface area contributed by atoms with Crippen molar-refractivity contribution >= 4 is 0 Å². The van der Waals surface area contributed by atoms with E-state index in [-0.39, 0.29) is 47.2 Å². The molecule has 23 heteroatoms. The van der Waals surface area contributed by atoms with Gasteiger partial charge in [-0.1, -0.05) is 27.7 Å². The van der Waals surface area contributed by atoms with E-state index >= 15 is 0 Å². The van der Waals surface area contributed by atoms with Gasteiger partial charge in [-0.2, -0.15) is 0 Å². The lowest BCUT2D eigenvalue weighted by molar-refractivity contribution is -0.395. The van der Waals surface area contributed by atoms with Crippen LogP contribution < -0.4 is 0 Å². The number of hydrogen-bond acceptors (Lipinski definition) is 23. The van der Waals surface area contributed by atoms with Crippen molar-refractivity contribution < 1.29 is 114 Å². The van der Waals surface area contributed by atoms with Crippen molar-refractivity contribution in [3.63, 3.8) is 0 Å². The third kappa shape index (κ3) is 10.3. The quantitative estimate of drug-likeness (QED) is 0.0730. The fourth-order valence-electron chi connectivity index (χ4n) is 15.6. The lowest BCUT2D eigenvalue weighted by atomic mass is 9.44. The summed E-state index contributed by atoms with van der Waals surface area (Å²) in [7, 11) is 0. The highest BCUT2D eigenvalue weighted by atomic mass is 16.8. The molecule has 0 spiro atoms. The van der Waals surface area contributed by atoms with Gasteiger partial charge in [0.25, 0.3) is 0 Å². The van der Waals surface area contributed by atoms with Crippen LogP contribution in [0.4, 0.5) is 0 Å². The molecule has 4 saturated carbocycles. The molecule has 9 rings (SSSR count). The minimum absolute atomic E-state index is 0.0299. The summed E-state index contributed by atoms with van der Waals surface area (Å²) in [5, 5.41) is 149. The summed E-state index contributed by atoms with van der Waals surface area (Å²) in [6, 6.07) is 0. The zero-order valence-electron chi connectivity index (χ0n) is 43.1. The van der Waals surface area contributed by atoms with E-state index in [0.717, 1.165) is 38.5 Å². The van der Waals surface area contributed by atoms with E-state index in [4.69, 9.17) is 42.6 Å². The van der Waals surface area contributed by atoms with Crippen LogP contribution in [0.1, 0.15) is 98.8 Å². The van der Waals surface area contributed by atoms with Crippen molar-refractivity contribution in [2.24, 2.45) is 52.3 Å². The second-order valence-corrected chi connectivity index (χ2v) is 24.3. The summed E-state index contributed by atoms with van der Waals surface area (Å²) in [5.41, 5.74) is -0.0775. The first-order valence-corrected chi connectivity index (χ1v) is 27.2. The van der Waals surface area contributed by atoms with Gasteiger partial charge in [0.1, 0.15) is 91.6 Å². The van der Waals surface area contributed by atoms with Crippen LogP contribution in [0.5, 0.6) is 0 Å². The van der Waals surface area contributed by atoms with Gasteiger partial charge in [0, 0.05) is 12.3 Å². The molecule has 0 unspecified atom stereocenters. The molecule has 0 aromatic carbocycles. The standard InChI is InChI=1S/C51H86O23/c1-20(19-66-45-40(62)38(60)34(56)29(16-52)69-45)8-13-51(65)21(2)32-28(74-51)15-27-25-7-6-23-14-24(9-11-49(23,4)26(25)10-12-50(27,32)5)68-48-44(73-46-41(63)37(59)33(55)22(3)67-46)43(36(58)31(18-54)71-48)72-47-42(64)39(61)35(57)30(17-53)70-47/h20-48,52-65H,6-19H2,1-5H3/t20-,21-,22-,23+,24-,25+,26-,27+,28-,29+,30+,31+,32-,33-,34+,35+,36+,37+,38-,39-,40+,41+,42+,43-,44+,45+,46-,47-,48+,49-,50-,51-/m0/s1. The van der Waals surface area contributed by atoms with Gasteiger partial charge in [-0.3, -0.25) is 0 Å². The summed E-state index contributed by atoms with van der Waals surface area (Å²) < 4.78 is 54.9. The van der Waals surface area contributed by atoms with Crippen LogP contribution in [0.25, 0.3) is 0 Å². The summed E-state index contributed by atoms with van der Waals surface area (Å²) in [6.07, 6.45) is -23.1. The monoisotopic (exact) mass is 1070 g/mol. The Morgan fingerprint density at radius 2 is 1.11 bits per heavy atom. The molecule has 4 aliphatic carbocycles. The van der Waals surface area contributed by atoms with Crippen LogP contribution in [0.2, 0.25) is 0 Å². The van der Waals surface area contributed by atoms with E-state index in [1.165, 1.54) is 6.92 Å². The van der Waals surface area contributed by atoms with Crippen molar-refractivity contribution in [1.29, 1.82) is 0 Å². The smallest absolute Gasteiger partial charge is 0.187 e. The van der Waals surface area contributed by atoms with Crippen LogP contribution >= 0.6 is 0 Å². The average molecular weight is 1070 g/mol. The Bertz CT molecular complexity index is 1850. The molecule has 5 saturated heterocycles. The largest absolute Gasteiger partial charge is 0.394 e. The van der Waals surface area contributed by atoms with E-state index < -0.39 is 155 Å². The summed E-state index contributed by atoms with van der Waals surface area (Å²) >= 11 is 0. The van der Waals surface area contributed by atoms with Crippen molar-refractivity contribution in [1.82, 2.24) is 0 Å². The molecule has 428 valence electrons. The third-order valence-electron chi connectivity index (χ3n) is 20.1. The van der Waals surface area contributed by atoms with Gasteiger partial charge in [0.15, 0.2) is 30.9 Å². The van der Waals surface area contributed by atoms with Gasteiger partial charge >= 0.3 is 0 Å². The molecule has 0 amide bonds. The molecule has 5 aliphatic heterocycles. The number of aliphatic hydroxyl groups is 14. The predicted molar refractivity (Wildman–Crippen MR) is 250 cm³/mol. The summed E-state index contributed by atoms with van der Waals surface area (Å²) in [4.78, 5) is 0. The van der Waals surface area contributed by atoms with Crippen LogP contribution in [0, 0.1) is 52.3 Å². The van der Waals surface area contributed by atoms with Gasteiger partial charge in [-0.15, -0.1) is 0 Å². The number of aliphatic hydroxyl groups excluding tert-OH is 13. The molecule has 32 atom stereocenters. The fourth-order valence-corrected chi connectivity index (χ4v) is 15.6. The first-order valence-electron chi connectivity index (χ1n) is 27.2. The molecule has 0 radical (unpaired) electrons. The molecule has 9 fully saturated rings. The maximum Gasteiger partial charge on any atom is 0.187 e. The van der Waals surface area contributed by atoms with Crippen molar-refractivity contribution in [2.75, 3.05) is 26.4 Å². The fraction of sp³-hybridized carbons (Fsp3) is 1.00. The summed E-state index contributed by atoms with van der Waals surface area (Å²) in [5.74, 6) is 0.146. The molecular formula is C51H86O23. The first-order chi connectivity index (χ1) is 35.0. The third-order valence-corrected chi connectivity index (χ3v) is 20.1. The Labute approximate surface area is 431 Å². The molecular weight excluding hydrogens is 981 g/mol. The highest BCUT2D eigenvalue weighted by molar-refractivity contribution is 5.15. The van der Waals surface area contributed by atoms with E-state index in [1.807, 2.05) is 6.92 Å². The molecule has 14 N–H and O–H groups in total. The highest BCUT2D eigenvalue weighted by Gasteiger charge is 2.68. The molecule has 0 aromatic rings. The highest BCUT2D eigenvalue weighted by Crippen LogP contribution is 2.71. The first kappa shape index (κ1) is 57.8. The van der Waals surface area contributed by atoms with Gasteiger partial charge < -0.3 is 114 Å². The van der Waals surface area contributed by atoms with Gasteiger partial charge in [0.2, 0.25) is 0 Å². The molecule has 9 aliphatic rings. The maximum atomic E-state index is 12.1. The summed E-state index contributed by atoms with van der Waals surface area (Å²) in [6.45, 7) is 8.47. The molecule has 74 heavy (non-hydrogen) atoms. The van der Waals surface area contributed by atoms with Crippen LogP contribution in [-0.4, -0.2) is 239 Å². The second kappa shape index (κ2) is 22.6. The number of fused-ring (bicyclic) bond motifs is 7. The average Bonchev–Trinajstić information content (AvgIpc) is 3.82. The zero-order valence-corrected chi connectivity index (χ0v) is 43.1. The van der Waals surface area contributed by atoms with Crippen LogP contribution in [0.15, 0.2) is 0 Å². The second-order valence-electron chi connectivity index (χ2n) is 24.3. The molecule has 0 aromatic heterocycles. The Morgan fingerprint density at radius 3 is 1.76 bits per heavy atom. The van der Waals surface area contributed by atoms with Crippen molar-refractivity contribution in [2.45, 2.75) is 240 Å². The van der Waals surface area contributed by atoms with Crippen LogP contribution in [0.3, 0.4) is 0 Å². The normalized spacial score (nSPS) is 56.0. The van der Waals surface area contributed by atoms with E-state index in [0.29, 0.717) is 43.4 Å². The zero-order chi connectivity index (χ0) is 53.5. The Hall–Kier alpha value is -0.920. The van der Waals surface area contributed by atoms with Crippen LogP contribution in [-0.2, 0) is 42.6 Å². The number of ether oxygens (including phenoxy) is 9.